The number of nitrogens with one attached hydrogen (secondary N) is 3. The Balaban J connectivity index is 0.000000242. The zero-order valence-electron chi connectivity index (χ0n) is 29.9. The molecule has 0 bridgehead atoms. The Labute approximate surface area is 302 Å². The molecule has 5 aromatic rings. The Bertz CT molecular complexity index is 2080. The van der Waals surface area contributed by atoms with Gasteiger partial charge in [-0.05, 0) is 55.8 Å². The van der Waals surface area contributed by atoms with E-state index in [0.29, 0.717) is 41.3 Å². The van der Waals surface area contributed by atoms with Gasteiger partial charge in [0.25, 0.3) is 0 Å². The van der Waals surface area contributed by atoms with Gasteiger partial charge < -0.3 is 35.4 Å². The van der Waals surface area contributed by atoms with E-state index in [4.69, 9.17) is 9.47 Å². The summed E-state index contributed by atoms with van der Waals surface area (Å²) in [5.74, 6) is 1.15. The number of aromatic amines is 1. The van der Waals surface area contributed by atoms with Crippen LogP contribution in [0.15, 0.2) is 84.0 Å². The Morgan fingerprint density at radius 1 is 1.10 bits per heavy atom. The number of H-pyrrole nitrogens is 1. The van der Waals surface area contributed by atoms with Crippen molar-refractivity contribution >= 4 is 58.5 Å². The number of nitrogens with zero attached hydrogens (tertiary/aromatic N) is 4. The maximum absolute atomic E-state index is 12.2. The van der Waals surface area contributed by atoms with Crippen LogP contribution in [0, 0.1) is 0 Å². The number of likely N-dealkylation sites (N-methyl/N-ethyl adjacent to an activating group) is 1. The SMILES string of the molecule is C=C1CC(C=Nc2cc(OCCCC(=O)Nc3cn(C)c(C=O)n3)c(OC)cc2C=O)N(C)C1.CNc1ccc(-c2cc3cc([NH3+])ccc3[nH]2)cc1. The highest BCUT2D eigenvalue weighted by Gasteiger charge is 2.22. The second kappa shape index (κ2) is 17.2. The molecule has 6 N–H and O–H groups in total. The minimum absolute atomic E-state index is 0.124. The van der Waals surface area contributed by atoms with Gasteiger partial charge in [-0.1, -0.05) is 24.3 Å². The summed E-state index contributed by atoms with van der Waals surface area (Å²) >= 11 is 0. The average molecular weight is 706 g/mol. The maximum atomic E-state index is 12.2. The number of benzene rings is 3. The lowest BCUT2D eigenvalue weighted by atomic mass is 10.1. The summed E-state index contributed by atoms with van der Waals surface area (Å²) in [6.45, 7) is 5.09. The van der Waals surface area contributed by atoms with Gasteiger partial charge in [0.05, 0.1) is 19.4 Å². The molecule has 0 aliphatic carbocycles. The first-order valence-electron chi connectivity index (χ1n) is 16.8. The van der Waals surface area contributed by atoms with Crippen LogP contribution in [0.4, 0.5) is 22.9 Å². The molecular weight excluding hydrogens is 660 g/mol. The van der Waals surface area contributed by atoms with Crippen LogP contribution < -0.4 is 25.8 Å². The number of fused-ring (bicyclic) bond motifs is 1. The lowest BCUT2D eigenvalue weighted by molar-refractivity contribution is -0.254. The number of aryl methyl sites for hydroxylation is 1. The Hall–Kier alpha value is -6.05. The number of carbonyl (C=O) groups excluding carboxylic acids is 3. The number of methoxy groups -OCH3 is 1. The summed E-state index contributed by atoms with van der Waals surface area (Å²) in [4.78, 5) is 48.7. The molecule has 1 unspecified atom stereocenters. The Morgan fingerprint density at radius 3 is 2.54 bits per heavy atom. The molecule has 1 fully saturated rings. The quantitative estimate of drug-likeness (QED) is 0.0534. The molecule has 2 aromatic heterocycles. The molecule has 13 nitrogen and oxygen atoms in total. The van der Waals surface area contributed by atoms with E-state index >= 15 is 0 Å². The number of rotatable bonds is 13. The summed E-state index contributed by atoms with van der Waals surface area (Å²) < 4.78 is 12.7. The predicted octanol–water partition coefficient (Wildman–Crippen LogP) is 5.56. The Kier molecular flexibility index (Phi) is 12.3. The fourth-order valence-electron chi connectivity index (χ4n) is 5.79. The number of anilines is 2. The molecule has 1 amide bonds. The van der Waals surface area contributed by atoms with Gasteiger partial charge in [0.1, 0.15) is 5.69 Å². The predicted molar refractivity (Wildman–Crippen MR) is 204 cm³/mol. The third kappa shape index (κ3) is 9.38. The largest absolute Gasteiger partial charge is 0.493 e. The number of hydrogen-bond acceptors (Lipinski definition) is 9. The van der Waals surface area contributed by atoms with Crippen molar-refractivity contribution in [1.82, 2.24) is 19.4 Å². The van der Waals surface area contributed by atoms with Crippen molar-refractivity contribution in [1.29, 1.82) is 0 Å². The second-order valence-electron chi connectivity index (χ2n) is 12.5. The second-order valence-corrected chi connectivity index (χ2v) is 12.5. The highest BCUT2D eigenvalue weighted by molar-refractivity contribution is 5.90. The summed E-state index contributed by atoms with van der Waals surface area (Å²) in [5, 5.41) is 6.98. The van der Waals surface area contributed by atoms with Gasteiger partial charge in [-0.25, -0.2) is 4.98 Å². The molecule has 0 spiro atoms. The van der Waals surface area contributed by atoms with Gasteiger partial charge in [-0.2, -0.15) is 0 Å². The normalized spacial score (nSPS) is 14.2. The first-order valence-corrected chi connectivity index (χ1v) is 16.8. The third-order valence-corrected chi connectivity index (χ3v) is 8.62. The zero-order chi connectivity index (χ0) is 37.2. The zero-order valence-corrected chi connectivity index (χ0v) is 29.9. The van der Waals surface area contributed by atoms with Crippen molar-refractivity contribution in [2.75, 3.05) is 45.0 Å². The van der Waals surface area contributed by atoms with Gasteiger partial charge in [-0.3, -0.25) is 24.3 Å². The maximum Gasteiger partial charge on any atom is 0.225 e. The Morgan fingerprint density at radius 2 is 1.88 bits per heavy atom. The van der Waals surface area contributed by atoms with E-state index in [1.54, 1.807) is 25.4 Å². The van der Waals surface area contributed by atoms with E-state index in [0.717, 1.165) is 47.4 Å². The number of aldehydes is 2. The van der Waals surface area contributed by atoms with Crippen LogP contribution in [0.2, 0.25) is 0 Å². The molecular formula is C39H45N8O5+. The van der Waals surface area contributed by atoms with Crippen molar-refractivity contribution in [2.24, 2.45) is 12.0 Å². The number of carbonyl (C=O) groups is 3. The van der Waals surface area contributed by atoms with Crippen LogP contribution in [-0.2, 0) is 11.8 Å². The number of aromatic nitrogens is 3. The van der Waals surface area contributed by atoms with Crippen LogP contribution >= 0.6 is 0 Å². The van der Waals surface area contributed by atoms with Gasteiger partial charge >= 0.3 is 0 Å². The monoisotopic (exact) mass is 705 g/mol. The number of amides is 1. The standard InChI is InChI=1S/C24H29N5O5.C15H15N3/c1-16-8-18(28(2)12-16)11-25-19-10-21(20(33-4)9-17(19)14-30)34-7-5-6-24(32)27-22-13-29(3)23(15-31)26-22;1-17-13-5-2-10(3-6-13)15-9-11-8-12(16)4-7-14(11)18-15/h9-11,13-15,18H,1,5-8,12H2,2-4H3,(H,27,32);2-9,17-18H,16H2,1H3/p+1. The summed E-state index contributed by atoms with van der Waals surface area (Å²) in [6.07, 6.45) is 6.19. The highest BCUT2D eigenvalue weighted by atomic mass is 16.5. The minimum atomic E-state index is -0.241. The topological polar surface area (TPSA) is 171 Å². The first kappa shape index (κ1) is 37.2. The molecule has 0 saturated carbocycles. The smallest absolute Gasteiger partial charge is 0.225 e. The van der Waals surface area contributed by atoms with E-state index in [9.17, 15) is 14.4 Å². The van der Waals surface area contributed by atoms with Crippen LogP contribution in [0.1, 0.15) is 40.2 Å². The molecule has 1 aliphatic rings. The van der Waals surface area contributed by atoms with Crippen LogP contribution in [0.25, 0.3) is 22.2 Å². The van der Waals surface area contributed by atoms with E-state index in [2.05, 4.69) is 85.3 Å². The molecule has 13 heteroatoms. The van der Waals surface area contributed by atoms with Crippen molar-refractivity contribution in [3.8, 4) is 22.8 Å². The highest BCUT2D eigenvalue weighted by Crippen LogP contribution is 2.35. The van der Waals surface area contributed by atoms with Crippen LogP contribution in [0.5, 0.6) is 11.5 Å². The fourth-order valence-corrected chi connectivity index (χ4v) is 5.79. The molecule has 3 heterocycles. The molecule has 1 atom stereocenters. The van der Waals surface area contributed by atoms with E-state index in [1.807, 2.05) is 26.4 Å². The molecule has 270 valence electrons. The molecule has 1 saturated heterocycles. The van der Waals surface area contributed by atoms with Crippen LogP contribution in [0.3, 0.4) is 0 Å². The average Bonchev–Trinajstić information content (AvgIpc) is 3.83. The lowest BCUT2D eigenvalue weighted by Gasteiger charge is -2.15. The molecule has 0 radical (unpaired) electrons. The van der Waals surface area contributed by atoms with Gasteiger partial charge in [0.15, 0.2) is 35.7 Å². The molecule has 52 heavy (non-hydrogen) atoms. The van der Waals surface area contributed by atoms with Gasteiger partial charge in [0, 0.05) is 91.6 Å². The summed E-state index contributed by atoms with van der Waals surface area (Å²) in [5.41, 5.74) is 11.6. The third-order valence-electron chi connectivity index (χ3n) is 8.62. The van der Waals surface area contributed by atoms with E-state index in [1.165, 1.54) is 22.6 Å². The number of ether oxygens (including phenoxy) is 2. The summed E-state index contributed by atoms with van der Waals surface area (Å²) in [6, 6.07) is 20.1. The molecule has 3 aromatic carbocycles. The first-order chi connectivity index (χ1) is 25.1. The van der Waals surface area contributed by atoms with Gasteiger partial charge in [0.2, 0.25) is 5.91 Å². The number of quaternary nitrogens is 1. The number of hydrogen-bond donors (Lipinski definition) is 4. The number of likely N-dealkylation sites (tertiary alicyclic amines) is 1. The van der Waals surface area contributed by atoms with Crippen LogP contribution in [-0.4, -0.2) is 84.5 Å². The van der Waals surface area contributed by atoms with Gasteiger partial charge in [-0.15, -0.1) is 0 Å². The lowest BCUT2D eigenvalue weighted by Crippen LogP contribution is -2.39. The van der Waals surface area contributed by atoms with Crippen molar-refractivity contribution in [3.63, 3.8) is 0 Å². The minimum Gasteiger partial charge on any atom is -0.493 e. The number of aliphatic imine (C=N–C) groups is 1. The van der Waals surface area contributed by atoms with Crippen molar-refractivity contribution in [3.05, 3.63) is 90.4 Å². The number of imidazole rings is 1. The summed E-state index contributed by atoms with van der Waals surface area (Å²) in [7, 11) is 7.09. The van der Waals surface area contributed by atoms with Crippen molar-refractivity contribution < 1.29 is 29.6 Å². The molecule has 1 aliphatic heterocycles. The van der Waals surface area contributed by atoms with E-state index < -0.39 is 0 Å². The fraction of sp³-hybridized carbons (Fsp3) is 0.256. The molecule has 6 rings (SSSR count). The van der Waals surface area contributed by atoms with Crippen molar-refractivity contribution in [2.45, 2.75) is 25.3 Å². The van der Waals surface area contributed by atoms with E-state index in [-0.39, 0.29) is 30.8 Å².